The molecular weight excluding hydrogens is 222 g/mol. The predicted octanol–water partition coefficient (Wildman–Crippen LogP) is 3.16. The first kappa shape index (κ1) is 16.8. The highest BCUT2D eigenvalue weighted by atomic mass is 14.9. The van der Waals surface area contributed by atoms with E-state index in [0.29, 0.717) is 5.92 Å². The number of pyridine rings is 1. The standard InChI is InChI=1S/C12H17N3.C2H6.CH4/c1-13-12(10-5-8-14-9-6-10)11-4-2-3-7-15-11;1-2;/h2-4,7,10,14H,5-6,8-9H2,1H3;1-2H3;1H4. The normalized spacial score (nSPS) is 16.3. The summed E-state index contributed by atoms with van der Waals surface area (Å²) >= 11 is 0. The molecule has 0 aliphatic carbocycles. The molecule has 1 aromatic rings. The molecule has 0 bridgehead atoms. The third-order valence-electron chi connectivity index (χ3n) is 2.89. The average molecular weight is 249 g/mol. The maximum absolute atomic E-state index is 4.41. The van der Waals surface area contributed by atoms with Crippen LogP contribution in [0.15, 0.2) is 29.4 Å². The van der Waals surface area contributed by atoms with Crippen LogP contribution < -0.4 is 5.32 Å². The molecule has 0 aromatic carbocycles. The van der Waals surface area contributed by atoms with Gasteiger partial charge in [0.05, 0.1) is 11.4 Å². The zero-order valence-corrected chi connectivity index (χ0v) is 11.1. The topological polar surface area (TPSA) is 37.3 Å². The number of nitrogens with one attached hydrogen (secondary N) is 1. The lowest BCUT2D eigenvalue weighted by Gasteiger charge is -2.23. The van der Waals surface area contributed by atoms with E-state index in [9.17, 15) is 0 Å². The van der Waals surface area contributed by atoms with Crippen molar-refractivity contribution in [1.29, 1.82) is 0 Å². The molecule has 0 unspecified atom stereocenters. The van der Waals surface area contributed by atoms with Gasteiger partial charge in [-0.2, -0.15) is 0 Å². The van der Waals surface area contributed by atoms with Gasteiger partial charge in [0.15, 0.2) is 0 Å². The maximum atomic E-state index is 4.41. The molecule has 3 heteroatoms. The summed E-state index contributed by atoms with van der Waals surface area (Å²) < 4.78 is 0. The zero-order chi connectivity index (χ0) is 12.5. The third-order valence-corrected chi connectivity index (χ3v) is 2.89. The van der Waals surface area contributed by atoms with E-state index >= 15 is 0 Å². The first-order chi connectivity index (χ1) is 8.42. The van der Waals surface area contributed by atoms with Gasteiger partial charge in [0.2, 0.25) is 0 Å². The van der Waals surface area contributed by atoms with Crippen molar-refractivity contribution in [2.24, 2.45) is 10.9 Å². The van der Waals surface area contributed by atoms with Crippen LogP contribution >= 0.6 is 0 Å². The lowest BCUT2D eigenvalue weighted by atomic mass is 9.91. The Morgan fingerprint density at radius 2 is 1.94 bits per heavy atom. The molecular formula is C15H27N3. The second kappa shape index (κ2) is 9.77. The van der Waals surface area contributed by atoms with Crippen LogP contribution in [0.1, 0.15) is 39.8 Å². The molecule has 2 rings (SSSR count). The van der Waals surface area contributed by atoms with Crippen molar-refractivity contribution >= 4 is 5.71 Å². The van der Waals surface area contributed by atoms with Gasteiger partial charge in [-0.1, -0.05) is 27.3 Å². The summed E-state index contributed by atoms with van der Waals surface area (Å²) in [5, 5.41) is 3.37. The van der Waals surface area contributed by atoms with Gasteiger partial charge in [-0.3, -0.25) is 9.98 Å². The Hall–Kier alpha value is -1.22. The summed E-state index contributed by atoms with van der Waals surface area (Å²) in [5.74, 6) is 0.575. The molecule has 1 aromatic heterocycles. The van der Waals surface area contributed by atoms with E-state index in [-0.39, 0.29) is 7.43 Å². The van der Waals surface area contributed by atoms with E-state index in [1.807, 2.05) is 45.3 Å². The fourth-order valence-electron chi connectivity index (χ4n) is 2.12. The van der Waals surface area contributed by atoms with Crippen LogP contribution in [-0.2, 0) is 0 Å². The summed E-state index contributed by atoms with van der Waals surface area (Å²) in [5.41, 5.74) is 2.20. The summed E-state index contributed by atoms with van der Waals surface area (Å²) in [6.07, 6.45) is 4.17. The molecule has 1 fully saturated rings. The van der Waals surface area contributed by atoms with Crippen LogP contribution in [0.25, 0.3) is 0 Å². The molecule has 0 saturated carbocycles. The Labute approximate surface area is 112 Å². The largest absolute Gasteiger partial charge is 0.317 e. The fourth-order valence-corrected chi connectivity index (χ4v) is 2.12. The summed E-state index contributed by atoms with van der Waals surface area (Å²) in [4.78, 5) is 8.78. The summed E-state index contributed by atoms with van der Waals surface area (Å²) in [6.45, 7) is 6.19. The first-order valence-corrected chi connectivity index (χ1v) is 6.50. The molecule has 1 aliphatic heterocycles. The van der Waals surface area contributed by atoms with E-state index in [1.54, 1.807) is 0 Å². The highest BCUT2D eigenvalue weighted by Crippen LogP contribution is 2.17. The van der Waals surface area contributed by atoms with E-state index in [4.69, 9.17) is 0 Å². The molecule has 2 heterocycles. The molecule has 0 atom stereocenters. The van der Waals surface area contributed by atoms with E-state index in [0.717, 1.165) is 24.5 Å². The minimum absolute atomic E-state index is 0. The monoisotopic (exact) mass is 249 g/mol. The Bertz CT molecular complexity index is 327. The zero-order valence-electron chi connectivity index (χ0n) is 11.1. The summed E-state index contributed by atoms with van der Waals surface area (Å²) in [7, 11) is 1.87. The van der Waals surface area contributed by atoms with Crippen LogP contribution in [0.3, 0.4) is 0 Å². The molecule has 3 nitrogen and oxygen atoms in total. The second-order valence-corrected chi connectivity index (χ2v) is 3.85. The molecule has 1 N–H and O–H groups in total. The predicted molar refractivity (Wildman–Crippen MR) is 80.4 cm³/mol. The van der Waals surface area contributed by atoms with Crippen molar-refractivity contribution in [3.8, 4) is 0 Å². The Kier molecular flexibility index (Phi) is 9.11. The number of nitrogens with zero attached hydrogens (tertiary/aromatic N) is 2. The molecule has 0 radical (unpaired) electrons. The van der Waals surface area contributed by atoms with Gasteiger partial charge in [0.1, 0.15) is 0 Å². The number of aromatic nitrogens is 1. The number of hydrogen-bond donors (Lipinski definition) is 1. The van der Waals surface area contributed by atoms with Crippen molar-refractivity contribution in [1.82, 2.24) is 10.3 Å². The van der Waals surface area contributed by atoms with E-state index in [2.05, 4.69) is 15.3 Å². The van der Waals surface area contributed by atoms with E-state index in [1.165, 1.54) is 12.8 Å². The lowest BCUT2D eigenvalue weighted by molar-refractivity contribution is 0.456. The number of rotatable bonds is 2. The molecule has 102 valence electrons. The Balaban J connectivity index is 0.000000917. The van der Waals surface area contributed by atoms with Crippen molar-refractivity contribution in [3.05, 3.63) is 30.1 Å². The van der Waals surface area contributed by atoms with Gasteiger partial charge < -0.3 is 5.32 Å². The lowest BCUT2D eigenvalue weighted by Crippen LogP contribution is -2.32. The Morgan fingerprint density at radius 1 is 1.28 bits per heavy atom. The summed E-state index contributed by atoms with van der Waals surface area (Å²) in [6, 6.07) is 6.01. The van der Waals surface area contributed by atoms with Crippen LogP contribution in [0, 0.1) is 5.92 Å². The van der Waals surface area contributed by atoms with Crippen LogP contribution in [-0.4, -0.2) is 30.8 Å². The van der Waals surface area contributed by atoms with Crippen LogP contribution in [0.5, 0.6) is 0 Å². The van der Waals surface area contributed by atoms with Gasteiger partial charge in [-0.25, -0.2) is 0 Å². The van der Waals surface area contributed by atoms with Gasteiger partial charge >= 0.3 is 0 Å². The fraction of sp³-hybridized carbons (Fsp3) is 0.600. The van der Waals surface area contributed by atoms with Crippen molar-refractivity contribution < 1.29 is 0 Å². The first-order valence-electron chi connectivity index (χ1n) is 6.50. The molecule has 1 aliphatic rings. The molecule has 0 spiro atoms. The molecule has 1 saturated heterocycles. The number of piperidine rings is 1. The van der Waals surface area contributed by atoms with Crippen LogP contribution in [0.4, 0.5) is 0 Å². The van der Waals surface area contributed by atoms with Crippen LogP contribution in [0.2, 0.25) is 0 Å². The quantitative estimate of drug-likeness (QED) is 0.817. The molecule has 0 amide bonds. The Morgan fingerprint density at radius 3 is 2.44 bits per heavy atom. The minimum atomic E-state index is 0. The minimum Gasteiger partial charge on any atom is -0.317 e. The van der Waals surface area contributed by atoms with Crippen molar-refractivity contribution in [3.63, 3.8) is 0 Å². The SMILES string of the molecule is C.CC.CN=C(c1ccccn1)C1CCNCC1. The van der Waals surface area contributed by atoms with Gasteiger partial charge in [-0.15, -0.1) is 0 Å². The second-order valence-electron chi connectivity index (χ2n) is 3.85. The average Bonchev–Trinajstić information content (AvgIpc) is 2.44. The van der Waals surface area contributed by atoms with Gasteiger partial charge in [-0.05, 0) is 38.1 Å². The maximum Gasteiger partial charge on any atom is 0.0842 e. The number of aliphatic imine (C=N–C) groups is 1. The van der Waals surface area contributed by atoms with Gasteiger partial charge in [0, 0.05) is 19.2 Å². The van der Waals surface area contributed by atoms with Crippen molar-refractivity contribution in [2.45, 2.75) is 34.1 Å². The smallest absolute Gasteiger partial charge is 0.0842 e. The van der Waals surface area contributed by atoms with Crippen molar-refractivity contribution in [2.75, 3.05) is 20.1 Å². The van der Waals surface area contributed by atoms with Gasteiger partial charge in [0.25, 0.3) is 0 Å². The highest BCUT2D eigenvalue weighted by molar-refractivity contribution is 6.00. The highest BCUT2D eigenvalue weighted by Gasteiger charge is 2.20. The van der Waals surface area contributed by atoms with E-state index < -0.39 is 0 Å². The third kappa shape index (κ3) is 4.57. The molecule has 18 heavy (non-hydrogen) atoms. The number of hydrogen-bond acceptors (Lipinski definition) is 3.